The van der Waals surface area contributed by atoms with Crippen molar-refractivity contribution in [1.82, 2.24) is 0 Å². The molecule has 10 heteroatoms. The molecule has 0 aromatic heterocycles. The molecule has 6 atom stereocenters. The van der Waals surface area contributed by atoms with Crippen LogP contribution < -0.4 is 0 Å². The normalized spacial score (nSPS) is 39.8. The maximum Gasteiger partial charge on any atom is 0.342 e. The van der Waals surface area contributed by atoms with Gasteiger partial charge < -0.3 is 28.8 Å². The summed E-state index contributed by atoms with van der Waals surface area (Å²) in [5.74, 6) is -3.53. The molecule has 0 aromatic carbocycles. The molecule has 3 fully saturated rings. The molecule has 10 nitrogen and oxygen atoms in total. The van der Waals surface area contributed by atoms with Crippen molar-refractivity contribution in [2.45, 2.75) is 81.9 Å². The van der Waals surface area contributed by atoms with E-state index >= 15 is 0 Å². The summed E-state index contributed by atoms with van der Waals surface area (Å²) < 4.78 is 28.7. The Hall–Kier alpha value is -2.98. The predicted octanol–water partition coefficient (Wildman–Crippen LogP) is 1.80. The third kappa shape index (κ3) is 3.61. The number of carbonyl (C=O) groups is 4. The van der Waals surface area contributed by atoms with Crippen LogP contribution in [0, 0.1) is 5.92 Å². The molecule has 0 radical (unpaired) electrons. The Morgan fingerprint density at radius 3 is 2.57 bits per heavy atom. The van der Waals surface area contributed by atoms with Gasteiger partial charge in [0.05, 0.1) is 22.7 Å². The highest BCUT2D eigenvalue weighted by Crippen LogP contribution is 2.62. The van der Waals surface area contributed by atoms with Crippen LogP contribution in [0.2, 0.25) is 0 Å². The van der Waals surface area contributed by atoms with Crippen molar-refractivity contribution in [1.29, 1.82) is 0 Å². The lowest BCUT2D eigenvalue weighted by atomic mass is 9.63. The summed E-state index contributed by atoms with van der Waals surface area (Å²) in [6.45, 7) is 13.4. The van der Waals surface area contributed by atoms with Crippen LogP contribution in [0.25, 0.3) is 0 Å². The first-order chi connectivity index (χ1) is 16.2. The fourth-order valence-corrected chi connectivity index (χ4v) is 5.69. The van der Waals surface area contributed by atoms with Gasteiger partial charge in [0.25, 0.3) is 0 Å². The molecule has 190 valence electrons. The molecule has 4 heterocycles. The van der Waals surface area contributed by atoms with E-state index in [0.29, 0.717) is 6.42 Å². The fourth-order valence-electron chi connectivity index (χ4n) is 5.69. The molecule has 4 aliphatic rings. The summed E-state index contributed by atoms with van der Waals surface area (Å²) in [6, 6.07) is 0. The zero-order valence-electron chi connectivity index (χ0n) is 20.3. The molecule has 6 unspecified atom stereocenters. The quantitative estimate of drug-likeness (QED) is 0.345. The lowest BCUT2D eigenvalue weighted by molar-refractivity contribution is -0.282. The van der Waals surface area contributed by atoms with Gasteiger partial charge in [0.1, 0.15) is 29.7 Å². The van der Waals surface area contributed by atoms with Crippen molar-refractivity contribution < 1.29 is 48.0 Å². The largest absolute Gasteiger partial charge is 0.461 e. The van der Waals surface area contributed by atoms with Gasteiger partial charge in [0.15, 0.2) is 5.60 Å². The van der Waals surface area contributed by atoms with E-state index in [9.17, 15) is 24.3 Å². The molecule has 4 aliphatic heterocycles. The Bertz CT molecular complexity index is 1070. The molecular formula is C25H30O10. The zero-order valence-corrected chi connectivity index (χ0v) is 20.3. The summed E-state index contributed by atoms with van der Waals surface area (Å²) in [5, 5.41) is 11.1. The van der Waals surface area contributed by atoms with E-state index in [2.05, 4.69) is 13.2 Å². The maximum atomic E-state index is 13.0. The minimum atomic E-state index is -1.79. The minimum absolute atomic E-state index is 0.0308. The first-order valence-electron chi connectivity index (χ1n) is 11.5. The smallest absolute Gasteiger partial charge is 0.342 e. The van der Waals surface area contributed by atoms with Gasteiger partial charge in [-0.1, -0.05) is 20.1 Å². The SMILES string of the molecule is C=C(COC(C)=O)C(=O)OC1CC2(C)OC(=O)C(CC)C23CCC(C)(O)C=C2OC(=O)C(=C)C21O3. The number of hydrogen-bond donors (Lipinski definition) is 1. The first-order valence-corrected chi connectivity index (χ1v) is 11.5. The second-order valence-electron chi connectivity index (χ2n) is 10.1. The van der Waals surface area contributed by atoms with Gasteiger partial charge in [-0.15, -0.1) is 0 Å². The average molecular weight is 491 g/mol. The molecular weight excluding hydrogens is 460 g/mol. The van der Waals surface area contributed by atoms with Crippen LogP contribution >= 0.6 is 0 Å². The monoisotopic (exact) mass is 490 g/mol. The Labute approximate surface area is 202 Å². The minimum Gasteiger partial charge on any atom is -0.461 e. The molecule has 0 aliphatic carbocycles. The van der Waals surface area contributed by atoms with Crippen molar-refractivity contribution >= 4 is 23.9 Å². The highest BCUT2D eigenvalue weighted by molar-refractivity contribution is 5.96. The van der Waals surface area contributed by atoms with E-state index in [0.717, 1.165) is 0 Å². The summed E-state index contributed by atoms with van der Waals surface area (Å²) in [6.07, 6.45) is 0.917. The van der Waals surface area contributed by atoms with Crippen LogP contribution in [-0.2, 0) is 42.9 Å². The van der Waals surface area contributed by atoms with Crippen molar-refractivity contribution in [2.24, 2.45) is 5.92 Å². The van der Waals surface area contributed by atoms with Crippen LogP contribution in [0.3, 0.4) is 0 Å². The average Bonchev–Trinajstić information content (AvgIpc) is 3.11. The van der Waals surface area contributed by atoms with Crippen LogP contribution in [-0.4, -0.2) is 64.1 Å². The molecule has 35 heavy (non-hydrogen) atoms. The van der Waals surface area contributed by atoms with Crippen LogP contribution in [0.5, 0.6) is 0 Å². The van der Waals surface area contributed by atoms with Crippen LogP contribution in [0.4, 0.5) is 0 Å². The Kier molecular flexibility index (Phi) is 5.76. The fraction of sp³-hybridized carbons (Fsp3) is 0.600. The summed E-state index contributed by atoms with van der Waals surface area (Å²) >= 11 is 0. The van der Waals surface area contributed by atoms with E-state index < -0.39 is 64.9 Å². The molecule has 1 N–H and O–H groups in total. The number of aliphatic hydroxyl groups is 1. The summed E-state index contributed by atoms with van der Waals surface area (Å²) in [5.41, 5.74) is -6.00. The molecule has 0 aromatic rings. The number of carbonyl (C=O) groups excluding carboxylic acids is 4. The van der Waals surface area contributed by atoms with Crippen molar-refractivity contribution in [2.75, 3.05) is 6.61 Å². The Morgan fingerprint density at radius 1 is 1.26 bits per heavy atom. The van der Waals surface area contributed by atoms with Gasteiger partial charge in [-0.05, 0) is 39.2 Å². The van der Waals surface area contributed by atoms with Gasteiger partial charge in [0.2, 0.25) is 0 Å². The molecule has 4 rings (SSSR count). The van der Waals surface area contributed by atoms with Crippen molar-refractivity contribution in [3.63, 3.8) is 0 Å². The van der Waals surface area contributed by atoms with E-state index in [1.165, 1.54) is 13.0 Å². The Balaban J connectivity index is 1.85. The third-order valence-corrected chi connectivity index (χ3v) is 7.54. The van der Waals surface area contributed by atoms with E-state index in [-0.39, 0.29) is 36.2 Å². The van der Waals surface area contributed by atoms with E-state index in [1.807, 2.05) is 6.92 Å². The first kappa shape index (κ1) is 25.1. The van der Waals surface area contributed by atoms with Crippen LogP contribution in [0.1, 0.15) is 53.4 Å². The van der Waals surface area contributed by atoms with E-state index in [4.69, 9.17) is 23.7 Å². The summed E-state index contributed by atoms with van der Waals surface area (Å²) in [7, 11) is 0. The number of esters is 4. The molecule has 2 bridgehead atoms. The standard InChI is InChI=1S/C25H30O10/c1-7-16-21(29)34-23(6)11-18(32-19(27)13(2)12-31-15(4)26)25-14(3)20(28)33-17(25)10-22(5,30)8-9-24(16,23)35-25/h10,16,18,30H,2-3,7-9,11-12H2,1,4-6H3. The second-order valence-corrected chi connectivity index (χ2v) is 10.1. The highest BCUT2D eigenvalue weighted by Gasteiger charge is 2.76. The third-order valence-electron chi connectivity index (χ3n) is 7.54. The maximum absolute atomic E-state index is 13.0. The van der Waals surface area contributed by atoms with Gasteiger partial charge >= 0.3 is 23.9 Å². The molecule has 2 spiro atoms. The lowest BCUT2D eigenvalue weighted by Gasteiger charge is -2.56. The number of rotatable bonds is 5. The van der Waals surface area contributed by atoms with Crippen molar-refractivity contribution in [3.8, 4) is 0 Å². The van der Waals surface area contributed by atoms with Gasteiger partial charge in [0, 0.05) is 13.3 Å². The molecule has 0 saturated carbocycles. The van der Waals surface area contributed by atoms with E-state index in [1.54, 1.807) is 13.8 Å². The molecule has 0 amide bonds. The zero-order chi connectivity index (χ0) is 26.0. The van der Waals surface area contributed by atoms with Gasteiger partial charge in [-0.25, -0.2) is 9.59 Å². The Morgan fingerprint density at radius 2 is 1.94 bits per heavy atom. The summed E-state index contributed by atoms with van der Waals surface area (Å²) in [4.78, 5) is 49.8. The lowest BCUT2D eigenvalue weighted by Crippen LogP contribution is -2.70. The van der Waals surface area contributed by atoms with Gasteiger partial charge in [-0.3, -0.25) is 9.59 Å². The van der Waals surface area contributed by atoms with Crippen LogP contribution in [0.15, 0.2) is 36.1 Å². The predicted molar refractivity (Wildman–Crippen MR) is 118 cm³/mol. The second kappa shape index (κ2) is 8.03. The highest BCUT2D eigenvalue weighted by atomic mass is 16.7. The molecule has 3 saturated heterocycles. The van der Waals surface area contributed by atoms with Crippen molar-refractivity contribution in [3.05, 3.63) is 36.1 Å². The number of ether oxygens (including phenoxy) is 5. The number of hydrogen-bond acceptors (Lipinski definition) is 10. The van der Waals surface area contributed by atoms with Gasteiger partial charge in [-0.2, -0.15) is 0 Å². The topological polar surface area (TPSA) is 135 Å².